The first-order valence-corrected chi connectivity index (χ1v) is 6.99. The molecular weight excluding hydrogens is 210 g/mol. The van der Waals surface area contributed by atoms with Crippen LogP contribution in [0.4, 0.5) is 0 Å². The number of nitrogens with zero attached hydrogens (tertiary/aromatic N) is 2. The quantitative estimate of drug-likeness (QED) is 0.811. The van der Waals surface area contributed by atoms with Gasteiger partial charge in [0.05, 0.1) is 11.5 Å². The molecule has 0 aliphatic carbocycles. The zero-order valence-corrected chi connectivity index (χ0v) is 11.2. The minimum Gasteiger partial charge on any atom is -0.310 e. The van der Waals surface area contributed by atoms with Crippen LogP contribution in [0.15, 0.2) is 0 Å². The summed E-state index contributed by atoms with van der Waals surface area (Å²) in [5, 5.41) is 12.7. The largest absolute Gasteiger partial charge is 0.310 e. The summed E-state index contributed by atoms with van der Waals surface area (Å²) in [6.45, 7) is 7.69. The molecule has 2 aliphatic heterocycles. The Morgan fingerprint density at radius 1 is 1.29 bits per heavy atom. The fourth-order valence-electron chi connectivity index (χ4n) is 3.02. The summed E-state index contributed by atoms with van der Waals surface area (Å²) in [4.78, 5) is 2.59. The van der Waals surface area contributed by atoms with E-state index < -0.39 is 0 Å². The van der Waals surface area contributed by atoms with E-state index in [4.69, 9.17) is 5.26 Å². The van der Waals surface area contributed by atoms with Gasteiger partial charge in [0.15, 0.2) is 0 Å². The topological polar surface area (TPSA) is 39.1 Å². The van der Waals surface area contributed by atoms with Crippen molar-refractivity contribution >= 4 is 0 Å². The van der Waals surface area contributed by atoms with Gasteiger partial charge >= 0.3 is 0 Å². The fourth-order valence-corrected chi connectivity index (χ4v) is 3.02. The third-order valence-corrected chi connectivity index (χ3v) is 4.19. The Balaban J connectivity index is 1.71. The Kier molecular flexibility index (Phi) is 4.06. The van der Waals surface area contributed by atoms with E-state index in [0.29, 0.717) is 0 Å². The van der Waals surface area contributed by atoms with Crippen LogP contribution in [0, 0.1) is 16.7 Å². The van der Waals surface area contributed by atoms with Crippen LogP contribution >= 0.6 is 0 Å². The summed E-state index contributed by atoms with van der Waals surface area (Å²) in [5.74, 6) is 0. The minimum atomic E-state index is -0.150. The molecule has 0 saturated carbocycles. The van der Waals surface area contributed by atoms with Crippen LogP contribution in [0.3, 0.4) is 0 Å². The molecule has 2 bridgehead atoms. The van der Waals surface area contributed by atoms with Crippen molar-refractivity contribution in [2.75, 3.05) is 19.6 Å². The van der Waals surface area contributed by atoms with Crippen LogP contribution in [-0.4, -0.2) is 36.6 Å². The predicted molar refractivity (Wildman–Crippen MR) is 69.6 cm³/mol. The lowest BCUT2D eigenvalue weighted by molar-refractivity contribution is 0.243. The van der Waals surface area contributed by atoms with E-state index in [0.717, 1.165) is 31.5 Å². The Bertz CT molecular complexity index is 292. The van der Waals surface area contributed by atoms with Gasteiger partial charge in [-0.05, 0) is 59.0 Å². The summed E-state index contributed by atoms with van der Waals surface area (Å²) in [6, 6.07) is 3.89. The van der Waals surface area contributed by atoms with Crippen molar-refractivity contribution in [2.24, 2.45) is 5.41 Å². The lowest BCUT2D eigenvalue weighted by Gasteiger charge is -2.25. The molecule has 2 heterocycles. The lowest BCUT2D eigenvalue weighted by atomic mass is 9.90. The van der Waals surface area contributed by atoms with Crippen molar-refractivity contribution in [3.63, 3.8) is 0 Å². The van der Waals surface area contributed by atoms with Gasteiger partial charge in [-0.2, -0.15) is 5.26 Å². The molecule has 2 unspecified atom stereocenters. The Morgan fingerprint density at radius 2 is 2.06 bits per heavy atom. The molecule has 96 valence electrons. The van der Waals surface area contributed by atoms with Crippen LogP contribution in [0.25, 0.3) is 0 Å². The molecule has 1 N–H and O–H groups in total. The number of rotatable bonds is 4. The van der Waals surface area contributed by atoms with E-state index in [-0.39, 0.29) is 5.41 Å². The molecule has 2 atom stereocenters. The molecule has 0 aromatic heterocycles. The fraction of sp³-hybridized carbons (Fsp3) is 0.929. The first-order valence-electron chi connectivity index (χ1n) is 6.99. The summed E-state index contributed by atoms with van der Waals surface area (Å²) < 4.78 is 0. The molecule has 0 radical (unpaired) electrons. The normalized spacial score (nSPS) is 29.9. The predicted octanol–water partition coefficient (Wildman–Crippen LogP) is 2.14. The first kappa shape index (κ1) is 12.9. The third kappa shape index (κ3) is 3.69. The summed E-state index contributed by atoms with van der Waals surface area (Å²) in [6.07, 6.45) is 6.20. The second kappa shape index (κ2) is 5.37. The van der Waals surface area contributed by atoms with Gasteiger partial charge in [-0.25, -0.2) is 0 Å². The van der Waals surface area contributed by atoms with Crippen molar-refractivity contribution < 1.29 is 0 Å². The second-order valence-electron chi connectivity index (χ2n) is 6.33. The van der Waals surface area contributed by atoms with Crippen molar-refractivity contribution in [1.29, 1.82) is 5.26 Å². The molecule has 17 heavy (non-hydrogen) atoms. The van der Waals surface area contributed by atoms with Gasteiger partial charge in [-0.3, -0.25) is 0 Å². The average molecular weight is 235 g/mol. The Morgan fingerprint density at radius 3 is 2.82 bits per heavy atom. The van der Waals surface area contributed by atoms with Crippen molar-refractivity contribution in [3.8, 4) is 6.07 Å². The molecule has 2 fully saturated rings. The molecule has 2 rings (SSSR count). The maximum Gasteiger partial charge on any atom is 0.0683 e. The molecule has 0 amide bonds. The van der Waals surface area contributed by atoms with Gasteiger partial charge in [0.1, 0.15) is 0 Å². The summed E-state index contributed by atoms with van der Waals surface area (Å²) in [5.41, 5.74) is -0.150. The van der Waals surface area contributed by atoms with E-state index >= 15 is 0 Å². The highest BCUT2D eigenvalue weighted by Gasteiger charge is 2.29. The van der Waals surface area contributed by atoms with Gasteiger partial charge < -0.3 is 10.2 Å². The zero-order valence-electron chi connectivity index (χ0n) is 11.2. The van der Waals surface area contributed by atoms with Crippen molar-refractivity contribution in [2.45, 2.75) is 58.0 Å². The van der Waals surface area contributed by atoms with Crippen LogP contribution in [0.1, 0.15) is 46.0 Å². The minimum absolute atomic E-state index is 0.150. The molecule has 2 saturated heterocycles. The van der Waals surface area contributed by atoms with Gasteiger partial charge in [-0.15, -0.1) is 0 Å². The van der Waals surface area contributed by atoms with E-state index in [1.54, 1.807) is 0 Å². The molecular formula is C14H25N3. The molecule has 3 nitrogen and oxygen atoms in total. The highest BCUT2D eigenvalue weighted by molar-refractivity contribution is 4.92. The summed E-state index contributed by atoms with van der Waals surface area (Å²) in [7, 11) is 0. The van der Waals surface area contributed by atoms with Crippen LogP contribution in [0.2, 0.25) is 0 Å². The van der Waals surface area contributed by atoms with Crippen LogP contribution in [0.5, 0.6) is 0 Å². The maximum absolute atomic E-state index is 8.99. The second-order valence-corrected chi connectivity index (χ2v) is 6.33. The number of hydrogen-bond donors (Lipinski definition) is 1. The standard InChI is InChI=1S/C14H25N3/c1-14(2,11-15)7-3-8-17-9-6-12-4-5-13(10-17)16-12/h12-13,16H,3-10H2,1-2H3. The number of likely N-dealkylation sites (tertiary alicyclic amines) is 1. The highest BCUT2D eigenvalue weighted by atomic mass is 15.2. The Labute approximate surface area is 105 Å². The molecule has 0 aromatic rings. The van der Waals surface area contributed by atoms with E-state index in [9.17, 15) is 0 Å². The third-order valence-electron chi connectivity index (χ3n) is 4.19. The number of fused-ring (bicyclic) bond motifs is 2. The lowest BCUT2D eigenvalue weighted by Crippen LogP contribution is -2.36. The molecule has 0 aromatic carbocycles. The number of nitrogens with one attached hydrogen (secondary N) is 1. The van der Waals surface area contributed by atoms with Crippen LogP contribution in [-0.2, 0) is 0 Å². The molecule has 3 heteroatoms. The molecule has 2 aliphatic rings. The summed E-state index contributed by atoms with van der Waals surface area (Å²) >= 11 is 0. The number of hydrogen-bond acceptors (Lipinski definition) is 3. The number of nitriles is 1. The van der Waals surface area contributed by atoms with E-state index in [1.807, 2.05) is 13.8 Å². The monoisotopic (exact) mass is 235 g/mol. The molecule has 0 spiro atoms. The van der Waals surface area contributed by atoms with E-state index in [1.165, 1.54) is 32.4 Å². The SMILES string of the molecule is CC(C)(C#N)CCCN1CCC2CCC(C1)N2. The van der Waals surface area contributed by atoms with Crippen LogP contribution < -0.4 is 5.32 Å². The van der Waals surface area contributed by atoms with Crippen molar-refractivity contribution in [3.05, 3.63) is 0 Å². The smallest absolute Gasteiger partial charge is 0.0683 e. The Hall–Kier alpha value is -0.590. The zero-order chi connectivity index (χ0) is 12.3. The average Bonchev–Trinajstić information content (AvgIpc) is 2.62. The van der Waals surface area contributed by atoms with E-state index in [2.05, 4.69) is 16.3 Å². The van der Waals surface area contributed by atoms with Gasteiger partial charge in [0.25, 0.3) is 0 Å². The first-order chi connectivity index (χ1) is 8.09. The highest BCUT2D eigenvalue weighted by Crippen LogP contribution is 2.23. The maximum atomic E-state index is 8.99. The van der Waals surface area contributed by atoms with Gasteiger partial charge in [0.2, 0.25) is 0 Å². The van der Waals surface area contributed by atoms with Gasteiger partial charge in [0, 0.05) is 18.6 Å². The van der Waals surface area contributed by atoms with Gasteiger partial charge in [-0.1, -0.05) is 0 Å². The van der Waals surface area contributed by atoms with Crippen molar-refractivity contribution in [1.82, 2.24) is 10.2 Å².